The van der Waals surface area contributed by atoms with Gasteiger partial charge in [-0.3, -0.25) is 0 Å². The lowest BCUT2D eigenvalue weighted by molar-refractivity contribution is -0.139. The van der Waals surface area contributed by atoms with Crippen molar-refractivity contribution in [3.05, 3.63) is 65.7 Å². The molecule has 1 heterocycles. The van der Waals surface area contributed by atoms with Crippen LogP contribution in [0.15, 0.2) is 53.1 Å². The highest BCUT2D eigenvalue weighted by molar-refractivity contribution is 5.81. The molecule has 2 nitrogen and oxygen atoms in total. The van der Waals surface area contributed by atoms with Gasteiger partial charge < -0.3 is 9.15 Å². The topological polar surface area (TPSA) is 22.4 Å². The first kappa shape index (κ1) is 14.4. The fourth-order valence-corrected chi connectivity index (χ4v) is 2.20. The quantitative estimate of drug-likeness (QED) is 0.623. The second kappa shape index (κ2) is 5.36. The minimum absolute atomic E-state index is 0.215. The minimum atomic E-state index is -4.51. The predicted molar refractivity (Wildman–Crippen MR) is 71.9 cm³/mol. The molecule has 0 N–H and O–H groups in total. The van der Waals surface area contributed by atoms with E-state index in [1.807, 2.05) is 0 Å². The number of benzene rings is 2. The summed E-state index contributed by atoms with van der Waals surface area (Å²) >= 11 is 0. The zero-order chi connectivity index (χ0) is 15.7. The molecule has 0 aliphatic rings. The van der Waals surface area contributed by atoms with Crippen molar-refractivity contribution in [2.24, 2.45) is 0 Å². The van der Waals surface area contributed by atoms with Crippen LogP contribution in [0, 0.1) is 5.82 Å². The van der Waals surface area contributed by atoms with Crippen molar-refractivity contribution in [2.75, 3.05) is 0 Å². The van der Waals surface area contributed by atoms with Gasteiger partial charge in [0.1, 0.15) is 23.8 Å². The maximum Gasteiger partial charge on any atom is 0.419 e. The lowest BCUT2D eigenvalue weighted by Crippen LogP contribution is -2.08. The van der Waals surface area contributed by atoms with Gasteiger partial charge in [0.15, 0.2) is 0 Å². The standard InChI is InChI=1S/C16H10F4O2/c17-12-5-3-7-14-15(12)10(9-22-14)8-21-13-6-2-1-4-11(13)16(18,19)20/h1-7,9H,8H2. The van der Waals surface area contributed by atoms with Gasteiger partial charge >= 0.3 is 6.18 Å². The lowest BCUT2D eigenvalue weighted by Gasteiger charge is -2.13. The molecule has 1 aromatic heterocycles. The maximum absolute atomic E-state index is 13.8. The zero-order valence-electron chi connectivity index (χ0n) is 11.2. The van der Waals surface area contributed by atoms with Crippen molar-refractivity contribution in [1.29, 1.82) is 0 Å². The van der Waals surface area contributed by atoms with Gasteiger partial charge in [-0.1, -0.05) is 18.2 Å². The molecule has 3 rings (SSSR count). The fourth-order valence-electron chi connectivity index (χ4n) is 2.20. The van der Waals surface area contributed by atoms with Crippen LogP contribution in [0.25, 0.3) is 11.0 Å². The van der Waals surface area contributed by atoms with E-state index in [1.165, 1.54) is 36.6 Å². The van der Waals surface area contributed by atoms with Crippen LogP contribution in [0.4, 0.5) is 17.6 Å². The maximum atomic E-state index is 13.8. The first-order chi connectivity index (χ1) is 10.5. The van der Waals surface area contributed by atoms with Crippen LogP contribution in [0.1, 0.15) is 11.1 Å². The monoisotopic (exact) mass is 310 g/mol. The van der Waals surface area contributed by atoms with E-state index < -0.39 is 17.6 Å². The molecule has 2 aromatic carbocycles. The normalized spacial score (nSPS) is 11.8. The van der Waals surface area contributed by atoms with Crippen LogP contribution in [-0.4, -0.2) is 0 Å². The van der Waals surface area contributed by atoms with Gasteiger partial charge in [0.25, 0.3) is 0 Å². The predicted octanol–water partition coefficient (Wildman–Crippen LogP) is 5.17. The Hall–Kier alpha value is -2.50. The Morgan fingerprint density at radius 2 is 1.77 bits per heavy atom. The van der Waals surface area contributed by atoms with Gasteiger partial charge in [0, 0.05) is 5.56 Å². The van der Waals surface area contributed by atoms with Gasteiger partial charge in [-0.15, -0.1) is 0 Å². The highest BCUT2D eigenvalue weighted by Gasteiger charge is 2.34. The summed E-state index contributed by atoms with van der Waals surface area (Å²) in [5.41, 5.74) is -0.198. The molecular formula is C16H10F4O2. The Labute approximate surface area is 122 Å². The molecule has 0 aliphatic heterocycles. The van der Waals surface area contributed by atoms with E-state index in [2.05, 4.69) is 0 Å². The number of rotatable bonds is 3. The summed E-state index contributed by atoms with van der Waals surface area (Å²) in [6.07, 6.45) is -3.23. The molecule has 0 spiro atoms. The number of halogens is 4. The van der Waals surface area contributed by atoms with E-state index in [0.717, 1.165) is 6.07 Å². The summed E-state index contributed by atoms with van der Waals surface area (Å²) in [5, 5.41) is 0.215. The van der Waals surface area contributed by atoms with Gasteiger partial charge in [-0.25, -0.2) is 4.39 Å². The Bertz CT molecular complexity index is 805. The molecule has 0 saturated heterocycles. The van der Waals surface area contributed by atoms with Crippen molar-refractivity contribution in [2.45, 2.75) is 12.8 Å². The average molecular weight is 310 g/mol. The molecule has 0 aliphatic carbocycles. The Balaban J connectivity index is 1.90. The van der Waals surface area contributed by atoms with Crippen molar-refractivity contribution in [3.8, 4) is 5.75 Å². The number of para-hydroxylation sites is 1. The Kier molecular flexibility index (Phi) is 3.52. The van der Waals surface area contributed by atoms with Gasteiger partial charge in [0.05, 0.1) is 17.2 Å². The Morgan fingerprint density at radius 3 is 2.55 bits per heavy atom. The fraction of sp³-hybridized carbons (Fsp3) is 0.125. The molecule has 0 amide bonds. The lowest BCUT2D eigenvalue weighted by atomic mass is 10.1. The van der Waals surface area contributed by atoms with Gasteiger partial charge in [-0.05, 0) is 24.3 Å². The second-order valence-electron chi connectivity index (χ2n) is 4.66. The summed E-state index contributed by atoms with van der Waals surface area (Å²) < 4.78 is 62.8. The van der Waals surface area contributed by atoms with E-state index >= 15 is 0 Å². The van der Waals surface area contributed by atoms with Crippen LogP contribution in [0.2, 0.25) is 0 Å². The average Bonchev–Trinajstić information content (AvgIpc) is 2.89. The molecule has 0 atom stereocenters. The van der Waals surface area contributed by atoms with Crippen molar-refractivity contribution < 1.29 is 26.7 Å². The van der Waals surface area contributed by atoms with Crippen molar-refractivity contribution in [3.63, 3.8) is 0 Å². The molecule has 0 bridgehead atoms. The van der Waals surface area contributed by atoms with E-state index in [9.17, 15) is 17.6 Å². The Morgan fingerprint density at radius 1 is 1.00 bits per heavy atom. The molecular weight excluding hydrogens is 300 g/mol. The third-order valence-electron chi connectivity index (χ3n) is 3.20. The van der Waals surface area contributed by atoms with Crippen LogP contribution in [0.5, 0.6) is 5.75 Å². The molecule has 0 fully saturated rings. The summed E-state index contributed by atoms with van der Waals surface area (Å²) in [5.74, 6) is -0.811. The largest absolute Gasteiger partial charge is 0.488 e. The van der Waals surface area contributed by atoms with Gasteiger partial charge in [0.2, 0.25) is 0 Å². The van der Waals surface area contributed by atoms with E-state index in [-0.39, 0.29) is 17.7 Å². The SMILES string of the molecule is Fc1cccc2occ(COc3ccccc3C(F)(F)F)c12. The number of hydrogen-bond acceptors (Lipinski definition) is 2. The van der Waals surface area contributed by atoms with Crippen molar-refractivity contribution in [1.82, 2.24) is 0 Å². The third kappa shape index (κ3) is 2.64. The zero-order valence-corrected chi connectivity index (χ0v) is 11.2. The van der Waals surface area contributed by atoms with Crippen LogP contribution in [-0.2, 0) is 12.8 Å². The van der Waals surface area contributed by atoms with E-state index in [0.29, 0.717) is 11.1 Å². The summed E-state index contributed by atoms with van der Waals surface area (Å²) in [6, 6.07) is 9.20. The van der Waals surface area contributed by atoms with E-state index in [1.54, 1.807) is 6.07 Å². The number of ether oxygens (including phenoxy) is 1. The first-order valence-electron chi connectivity index (χ1n) is 6.40. The molecule has 3 aromatic rings. The molecule has 114 valence electrons. The smallest absolute Gasteiger partial charge is 0.419 e. The van der Waals surface area contributed by atoms with Gasteiger partial charge in [-0.2, -0.15) is 13.2 Å². The minimum Gasteiger partial charge on any atom is -0.488 e. The summed E-state index contributed by atoms with van der Waals surface area (Å²) in [4.78, 5) is 0. The van der Waals surface area contributed by atoms with E-state index in [4.69, 9.17) is 9.15 Å². The second-order valence-corrected chi connectivity index (χ2v) is 4.66. The molecule has 6 heteroatoms. The molecule has 0 saturated carbocycles. The first-order valence-corrected chi connectivity index (χ1v) is 6.40. The number of hydrogen-bond donors (Lipinski definition) is 0. The number of furan rings is 1. The van der Waals surface area contributed by atoms with Crippen molar-refractivity contribution >= 4 is 11.0 Å². The molecule has 22 heavy (non-hydrogen) atoms. The highest BCUT2D eigenvalue weighted by Crippen LogP contribution is 2.36. The van der Waals surface area contributed by atoms with Crippen LogP contribution in [0.3, 0.4) is 0 Å². The number of fused-ring (bicyclic) bond motifs is 1. The van der Waals surface area contributed by atoms with Crippen LogP contribution >= 0.6 is 0 Å². The van der Waals surface area contributed by atoms with Crippen LogP contribution < -0.4 is 4.74 Å². The number of alkyl halides is 3. The third-order valence-corrected chi connectivity index (χ3v) is 3.20. The highest BCUT2D eigenvalue weighted by atomic mass is 19.4. The summed E-state index contributed by atoms with van der Waals surface area (Å²) in [7, 11) is 0. The molecule has 0 radical (unpaired) electrons. The summed E-state index contributed by atoms with van der Waals surface area (Å²) in [6.45, 7) is -0.221. The molecule has 0 unspecified atom stereocenters.